The van der Waals surface area contributed by atoms with Gasteiger partial charge in [-0.25, -0.2) is 0 Å². The normalized spacial score (nSPS) is 16.5. The second-order valence-electron chi connectivity index (χ2n) is 3.76. The third-order valence-corrected chi connectivity index (χ3v) is 2.87. The van der Waals surface area contributed by atoms with Crippen LogP contribution in [0.2, 0.25) is 5.02 Å². The number of nitrogens with one attached hydrogen (secondary N) is 1. The van der Waals surface area contributed by atoms with Crippen molar-refractivity contribution in [2.24, 2.45) is 0 Å². The van der Waals surface area contributed by atoms with E-state index in [1.54, 1.807) is 18.3 Å². The molecule has 15 heavy (non-hydrogen) atoms. The Kier molecular flexibility index (Phi) is 3.21. The highest BCUT2D eigenvalue weighted by molar-refractivity contribution is 6.30. The van der Waals surface area contributed by atoms with Crippen molar-refractivity contribution in [1.82, 2.24) is 9.88 Å². The molecule has 2 rings (SSSR count). The molecule has 1 aromatic rings. The predicted molar refractivity (Wildman–Crippen MR) is 61.5 cm³/mol. The minimum absolute atomic E-state index is 0.520. The van der Waals surface area contributed by atoms with E-state index in [1.165, 1.54) is 19.3 Å². The monoisotopic (exact) mass is 223 g/mol. The molecule has 0 bridgehead atoms. The quantitative estimate of drug-likeness (QED) is 0.587. The Morgan fingerprint density at radius 1 is 1.27 bits per heavy atom. The number of piperidine rings is 1. The Labute approximate surface area is 94.6 Å². The molecule has 0 aromatic carbocycles. The fourth-order valence-corrected chi connectivity index (χ4v) is 1.91. The Morgan fingerprint density at radius 2 is 2.00 bits per heavy atom. The van der Waals surface area contributed by atoms with E-state index in [2.05, 4.69) is 9.88 Å². The van der Waals surface area contributed by atoms with Crippen LogP contribution in [0.3, 0.4) is 0 Å². The van der Waals surface area contributed by atoms with Crippen LogP contribution in [0.15, 0.2) is 18.3 Å². The summed E-state index contributed by atoms with van der Waals surface area (Å²) in [7, 11) is 0. The maximum absolute atomic E-state index is 8.01. The molecule has 2 heterocycles. The Morgan fingerprint density at radius 3 is 2.60 bits per heavy atom. The van der Waals surface area contributed by atoms with Gasteiger partial charge in [-0.05, 0) is 31.4 Å². The van der Waals surface area contributed by atoms with Crippen molar-refractivity contribution < 1.29 is 0 Å². The van der Waals surface area contributed by atoms with E-state index in [1.807, 2.05) is 0 Å². The van der Waals surface area contributed by atoms with Gasteiger partial charge in [0.2, 0.25) is 0 Å². The summed E-state index contributed by atoms with van der Waals surface area (Å²) in [4.78, 5) is 6.24. The highest BCUT2D eigenvalue weighted by Crippen LogP contribution is 2.13. The Balaban J connectivity index is 2.09. The lowest BCUT2D eigenvalue weighted by Crippen LogP contribution is -2.36. The number of pyridine rings is 1. The van der Waals surface area contributed by atoms with E-state index in [-0.39, 0.29) is 0 Å². The van der Waals surface area contributed by atoms with Crippen LogP contribution in [-0.2, 0) is 0 Å². The largest absolute Gasteiger partial charge is 0.355 e. The van der Waals surface area contributed by atoms with E-state index >= 15 is 0 Å². The van der Waals surface area contributed by atoms with Gasteiger partial charge in [-0.2, -0.15) is 0 Å². The van der Waals surface area contributed by atoms with Gasteiger partial charge in [0.15, 0.2) is 0 Å². The summed E-state index contributed by atoms with van der Waals surface area (Å²) in [6.45, 7) is 1.95. The molecular weight excluding hydrogens is 210 g/mol. The molecule has 1 aliphatic heterocycles. The molecule has 1 fully saturated rings. The molecule has 1 aromatic heterocycles. The van der Waals surface area contributed by atoms with Crippen molar-refractivity contribution in [3.8, 4) is 0 Å². The first-order valence-corrected chi connectivity index (χ1v) is 5.60. The van der Waals surface area contributed by atoms with Crippen molar-refractivity contribution in [3.05, 3.63) is 29.0 Å². The van der Waals surface area contributed by atoms with E-state index in [0.29, 0.717) is 16.6 Å². The van der Waals surface area contributed by atoms with Crippen LogP contribution < -0.4 is 0 Å². The summed E-state index contributed by atoms with van der Waals surface area (Å²) in [5.74, 6) is 0.520. The lowest BCUT2D eigenvalue weighted by molar-refractivity contribution is 0.340. The van der Waals surface area contributed by atoms with E-state index in [9.17, 15) is 0 Å². The Bertz CT molecular complexity index is 341. The number of hydrogen-bond acceptors (Lipinski definition) is 2. The van der Waals surface area contributed by atoms with Crippen LogP contribution in [0.25, 0.3) is 0 Å². The molecule has 80 valence electrons. The van der Waals surface area contributed by atoms with Crippen LogP contribution in [-0.4, -0.2) is 28.8 Å². The SMILES string of the molecule is N=C(c1ccc(Cl)cn1)N1CCCCC1. The van der Waals surface area contributed by atoms with Crippen LogP contribution in [0.1, 0.15) is 25.0 Å². The van der Waals surface area contributed by atoms with E-state index < -0.39 is 0 Å². The second-order valence-corrected chi connectivity index (χ2v) is 4.19. The minimum Gasteiger partial charge on any atom is -0.355 e. The molecule has 0 atom stereocenters. The van der Waals surface area contributed by atoms with Crippen molar-refractivity contribution in [2.75, 3.05) is 13.1 Å². The fourth-order valence-electron chi connectivity index (χ4n) is 1.80. The molecule has 1 N–H and O–H groups in total. The molecule has 4 heteroatoms. The highest BCUT2D eigenvalue weighted by atomic mass is 35.5. The third-order valence-electron chi connectivity index (χ3n) is 2.64. The first-order chi connectivity index (χ1) is 7.27. The molecule has 1 saturated heterocycles. The third kappa shape index (κ3) is 2.48. The van der Waals surface area contributed by atoms with Crippen molar-refractivity contribution >= 4 is 17.4 Å². The molecule has 3 nitrogen and oxygen atoms in total. The second kappa shape index (κ2) is 4.62. The summed E-state index contributed by atoms with van der Waals surface area (Å²) in [6, 6.07) is 3.58. The number of nitrogens with zero attached hydrogens (tertiary/aromatic N) is 2. The lowest BCUT2D eigenvalue weighted by atomic mass is 10.1. The smallest absolute Gasteiger partial charge is 0.147 e. The van der Waals surface area contributed by atoms with Gasteiger partial charge in [0.25, 0.3) is 0 Å². The predicted octanol–water partition coefficient (Wildman–Crippen LogP) is 2.55. The standard InChI is InChI=1S/C11H14ClN3/c12-9-4-5-10(14-8-9)11(13)15-6-2-1-3-7-15/h4-5,8,13H,1-3,6-7H2. The average Bonchev–Trinajstić information content (AvgIpc) is 2.30. The number of amidine groups is 1. The van der Waals surface area contributed by atoms with Crippen molar-refractivity contribution in [3.63, 3.8) is 0 Å². The van der Waals surface area contributed by atoms with Crippen molar-refractivity contribution in [1.29, 1.82) is 5.41 Å². The molecule has 0 radical (unpaired) electrons. The average molecular weight is 224 g/mol. The van der Waals surface area contributed by atoms with Gasteiger partial charge in [0.1, 0.15) is 11.5 Å². The number of rotatable bonds is 1. The van der Waals surface area contributed by atoms with Crippen LogP contribution in [0.5, 0.6) is 0 Å². The van der Waals surface area contributed by atoms with E-state index in [0.717, 1.165) is 13.1 Å². The first-order valence-electron chi connectivity index (χ1n) is 5.23. The lowest BCUT2D eigenvalue weighted by Gasteiger charge is -2.28. The molecular formula is C11H14ClN3. The number of aromatic nitrogens is 1. The minimum atomic E-state index is 0.520. The zero-order valence-corrected chi connectivity index (χ0v) is 9.30. The van der Waals surface area contributed by atoms with Gasteiger partial charge < -0.3 is 4.90 Å². The maximum Gasteiger partial charge on any atom is 0.147 e. The number of likely N-dealkylation sites (tertiary alicyclic amines) is 1. The summed E-state index contributed by atoms with van der Waals surface area (Å²) in [5, 5.41) is 8.63. The van der Waals surface area contributed by atoms with Gasteiger partial charge in [-0.3, -0.25) is 10.4 Å². The van der Waals surface area contributed by atoms with E-state index in [4.69, 9.17) is 17.0 Å². The first kappa shape index (κ1) is 10.4. The molecule has 0 aliphatic carbocycles. The zero-order chi connectivity index (χ0) is 10.7. The van der Waals surface area contributed by atoms with Crippen molar-refractivity contribution in [2.45, 2.75) is 19.3 Å². The molecule has 0 amide bonds. The van der Waals surface area contributed by atoms with Gasteiger partial charge in [0.05, 0.1) is 5.02 Å². The summed E-state index contributed by atoms with van der Waals surface area (Å²) >= 11 is 5.76. The van der Waals surface area contributed by atoms with Crippen LogP contribution in [0.4, 0.5) is 0 Å². The fraction of sp³-hybridized carbons (Fsp3) is 0.455. The maximum atomic E-state index is 8.01. The van der Waals surface area contributed by atoms with Crippen LogP contribution >= 0.6 is 11.6 Å². The highest BCUT2D eigenvalue weighted by Gasteiger charge is 2.15. The van der Waals surface area contributed by atoms with Gasteiger partial charge in [0, 0.05) is 19.3 Å². The number of hydrogen-bond donors (Lipinski definition) is 1. The molecule has 0 saturated carbocycles. The topological polar surface area (TPSA) is 40.0 Å². The summed E-state index contributed by atoms with van der Waals surface area (Å²) in [6.07, 6.45) is 5.22. The number of halogens is 1. The molecule has 0 spiro atoms. The zero-order valence-electron chi connectivity index (χ0n) is 8.54. The summed E-state index contributed by atoms with van der Waals surface area (Å²) < 4.78 is 0. The Hall–Kier alpha value is -1.09. The van der Waals surface area contributed by atoms with Gasteiger partial charge in [-0.15, -0.1) is 0 Å². The molecule has 0 unspecified atom stereocenters. The van der Waals surface area contributed by atoms with Crippen LogP contribution in [0, 0.1) is 5.41 Å². The van der Waals surface area contributed by atoms with Gasteiger partial charge in [-0.1, -0.05) is 11.6 Å². The summed E-state index contributed by atoms with van der Waals surface area (Å²) in [5.41, 5.74) is 0.710. The van der Waals surface area contributed by atoms with Gasteiger partial charge >= 0.3 is 0 Å². The molecule has 1 aliphatic rings.